The molecule has 0 spiro atoms. The minimum absolute atomic E-state index is 0.0532. The Hall–Kier alpha value is -1.80. The molecule has 2 aliphatic rings. The first kappa shape index (κ1) is 15.1. The predicted molar refractivity (Wildman–Crippen MR) is 83.4 cm³/mol. The van der Waals surface area contributed by atoms with Crippen molar-refractivity contribution in [1.82, 2.24) is 10.2 Å². The van der Waals surface area contributed by atoms with Crippen molar-refractivity contribution in [3.63, 3.8) is 0 Å². The van der Waals surface area contributed by atoms with Crippen LogP contribution in [0.15, 0.2) is 28.8 Å². The average Bonchev–Trinajstić information content (AvgIpc) is 2.97. The molecule has 3 heterocycles. The first-order valence-corrected chi connectivity index (χ1v) is 8.61. The summed E-state index contributed by atoms with van der Waals surface area (Å²) in [4.78, 5) is 37.7. The maximum Gasteiger partial charge on any atom is 0.352 e. The lowest BCUT2D eigenvalue weighted by atomic mass is 10.0. The fraction of sp³-hybridized carbons (Fsp3) is 0.357. The summed E-state index contributed by atoms with van der Waals surface area (Å²) in [6.07, 6.45) is 0.236. The van der Waals surface area contributed by atoms with Crippen molar-refractivity contribution >= 4 is 40.9 Å². The van der Waals surface area contributed by atoms with E-state index in [1.807, 2.05) is 17.5 Å². The number of carboxylic acid groups (broad SMARTS) is 1. The minimum atomic E-state index is -1.10. The van der Waals surface area contributed by atoms with Gasteiger partial charge in [-0.05, 0) is 23.9 Å². The summed E-state index contributed by atoms with van der Waals surface area (Å²) >= 11 is 2.96. The summed E-state index contributed by atoms with van der Waals surface area (Å²) in [6.45, 7) is 1.71. The lowest BCUT2D eigenvalue weighted by Gasteiger charge is -2.49. The van der Waals surface area contributed by atoms with Gasteiger partial charge in [0.05, 0.1) is 6.42 Å². The van der Waals surface area contributed by atoms with Gasteiger partial charge < -0.3 is 10.4 Å². The van der Waals surface area contributed by atoms with E-state index in [9.17, 15) is 19.5 Å². The monoisotopic (exact) mass is 338 g/mol. The molecule has 0 bridgehead atoms. The summed E-state index contributed by atoms with van der Waals surface area (Å²) in [6, 6.07) is 3.09. The first-order valence-electron chi connectivity index (χ1n) is 6.68. The van der Waals surface area contributed by atoms with E-state index in [1.54, 1.807) is 6.92 Å². The summed E-state index contributed by atoms with van der Waals surface area (Å²) in [7, 11) is 0. The van der Waals surface area contributed by atoms with Crippen LogP contribution in [-0.2, 0) is 20.8 Å². The number of rotatable bonds is 4. The number of hydrogen-bond acceptors (Lipinski definition) is 5. The molecular weight excluding hydrogens is 324 g/mol. The second kappa shape index (κ2) is 5.77. The van der Waals surface area contributed by atoms with Crippen molar-refractivity contribution in [3.05, 3.63) is 33.7 Å². The molecule has 0 aromatic carbocycles. The normalized spacial score (nSPS) is 23.9. The number of β-lactam (4-membered cyclic amide) rings is 1. The number of nitrogens with zero attached hydrogens (tertiary/aromatic N) is 1. The Kier molecular flexibility index (Phi) is 3.96. The molecule has 8 heteroatoms. The number of carbonyl (C=O) groups is 3. The van der Waals surface area contributed by atoms with E-state index in [-0.39, 0.29) is 29.3 Å². The van der Waals surface area contributed by atoms with Crippen LogP contribution in [0.4, 0.5) is 0 Å². The molecule has 1 aromatic rings. The van der Waals surface area contributed by atoms with Gasteiger partial charge in [-0.15, -0.1) is 23.1 Å². The Morgan fingerprint density at radius 2 is 2.27 bits per heavy atom. The molecule has 1 saturated heterocycles. The van der Waals surface area contributed by atoms with E-state index in [0.29, 0.717) is 11.3 Å². The van der Waals surface area contributed by atoms with Gasteiger partial charge in [-0.1, -0.05) is 6.07 Å². The lowest BCUT2D eigenvalue weighted by molar-refractivity contribution is -0.150. The molecule has 1 aromatic heterocycles. The van der Waals surface area contributed by atoms with Gasteiger partial charge >= 0.3 is 5.97 Å². The van der Waals surface area contributed by atoms with Crippen LogP contribution in [0.3, 0.4) is 0 Å². The molecule has 2 aliphatic heterocycles. The highest BCUT2D eigenvalue weighted by Gasteiger charge is 2.53. The van der Waals surface area contributed by atoms with Gasteiger partial charge in [-0.2, -0.15) is 0 Å². The van der Waals surface area contributed by atoms with E-state index >= 15 is 0 Å². The Labute approximate surface area is 135 Å². The molecule has 116 valence electrons. The molecule has 0 aliphatic carbocycles. The lowest BCUT2D eigenvalue weighted by Crippen LogP contribution is -2.70. The SMILES string of the molecule is CC1=C(C(=O)O)N2C(=O)C(NC(=O)Cc3cccs3)[C@@H]2SC1. The molecule has 1 unspecified atom stereocenters. The van der Waals surface area contributed by atoms with Gasteiger partial charge in [-0.3, -0.25) is 14.5 Å². The highest BCUT2D eigenvalue weighted by Crippen LogP contribution is 2.40. The van der Waals surface area contributed by atoms with Crippen molar-refractivity contribution in [1.29, 1.82) is 0 Å². The van der Waals surface area contributed by atoms with Gasteiger partial charge in [0, 0.05) is 10.6 Å². The Bertz CT molecular complexity index is 668. The average molecular weight is 338 g/mol. The van der Waals surface area contributed by atoms with E-state index in [1.165, 1.54) is 28.0 Å². The zero-order chi connectivity index (χ0) is 15.9. The van der Waals surface area contributed by atoms with Gasteiger partial charge in [0.25, 0.3) is 5.91 Å². The molecule has 2 amide bonds. The molecule has 2 atom stereocenters. The van der Waals surface area contributed by atoms with E-state index in [4.69, 9.17) is 0 Å². The molecule has 0 saturated carbocycles. The second-order valence-corrected chi connectivity index (χ2v) is 7.28. The largest absolute Gasteiger partial charge is 0.477 e. The van der Waals surface area contributed by atoms with Gasteiger partial charge in [0.15, 0.2) is 0 Å². The molecule has 6 nitrogen and oxygen atoms in total. The van der Waals surface area contributed by atoms with Gasteiger partial charge in [0.1, 0.15) is 17.1 Å². The van der Waals surface area contributed by atoms with Crippen molar-refractivity contribution in [2.75, 3.05) is 5.75 Å². The molecule has 1 fully saturated rings. The summed E-state index contributed by atoms with van der Waals surface area (Å²) in [5.41, 5.74) is 0.725. The van der Waals surface area contributed by atoms with E-state index < -0.39 is 12.0 Å². The number of aliphatic carboxylic acids is 1. The number of thiophene rings is 1. The Morgan fingerprint density at radius 3 is 2.91 bits per heavy atom. The number of fused-ring (bicyclic) bond motifs is 1. The number of hydrogen-bond donors (Lipinski definition) is 2. The maximum atomic E-state index is 12.2. The van der Waals surface area contributed by atoms with Crippen LogP contribution in [0.1, 0.15) is 11.8 Å². The molecular formula is C14H14N2O4S2. The molecule has 3 rings (SSSR count). The standard InChI is InChI=1S/C14H14N2O4S2/c1-7-6-22-13-10(12(18)16(13)11(7)14(19)20)15-9(17)5-8-3-2-4-21-8/h2-4,10,13H,5-6H2,1H3,(H,15,17)(H,19,20)/t10?,13-/m0/s1. The fourth-order valence-corrected chi connectivity index (χ4v) is 4.57. The van der Waals surface area contributed by atoms with Crippen molar-refractivity contribution in [2.24, 2.45) is 0 Å². The van der Waals surface area contributed by atoms with E-state index in [2.05, 4.69) is 5.32 Å². The molecule has 2 N–H and O–H groups in total. The van der Waals surface area contributed by atoms with Crippen LogP contribution in [-0.4, -0.2) is 45.0 Å². The summed E-state index contributed by atoms with van der Waals surface area (Å²) < 4.78 is 0. The number of amides is 2. The van der Waals surface area contributed by atoms with Crippen molar-refractivity contribution in [2.45, 2.75) is 24.8 Å². The van der Waals surface area contributed by atoms with Crippen LogP contribution in [0.2, 0.25) is 0 Å². The van der Waals surface area contributed by atoms with E-state index in [0.717, 1.165) is 4.88 Å². The summed E-state index contributed by atoms with van der Waals surface area (Å²) in [5, 5.41) is 13.5. The first-order chi connectivity index (χ1) is 10.5. The highest BCUT2D eigenvalue weighted by molar-refractivity contribution is 8.00. The van der Waals surface area contributed by atoms with Crippen molar-refractivity contribution in [3.8, 4) is 0 Å². The van der Waals surface area contributed by atoms with Gasteiger partial charge in [-0.25, -0.2) is 4.79 Å². The third kappa shape index (κ3) is 2.52. The quantitative estimate of drug-likeness (QED) is 0.802. The van der Waals surface area contributed by atoms with Crippen molar-refractivity contribution < 1.29 is 19.5 Å². The number of carboxylic acids is 1. The van der Waals surface area contributed by atoms with Crippen LogP contribution >= 0.6 is 23.1 Å². The molecule has 22 heavy (non-hydrogen) atoms. The van der Waals surface area contributed by atoms with Crippen LogP contribution in [0, 0.1) is 0 Å². The Balaban J connectivity index is 1.68. The minimum Gasteiger partial charge on any atom is -0.477 e. The van der Waals surface area contributed by atoms with Crippen LogP contribution < -0.4 is 5.32 Å². The smallest absolute Gasteiger partial charge is 0.352 e. The maximum absolute atomic E-state index is 12.2. The topological polar surface area (TPSA) is 86.7 Å². The fourth-order valence-electron chi connectivity index (χ4n) is 2.57. The Morgan fingerprint density at radius 1 is 1.50 bits per heavy atom. The molecule has 0 radical (unpaired) electrons. The van der Waals surface area contributed by atoms with Crippen LogP contribution in [0.25, 0.3) is 0 Å². The third-order valence-electron chi connectivity index (χ3n) is 3.59. The summed E-state index contributed by atoms with van der Waals surface area (Å²) in [5.74, 6) is -1.12. The third-order valence-corrected chi connectivity index (χ3v) is 5.89. The zero-order valence-electron chi connectivity index (χ0n) is 11.7. The zero-order valence-corrected chi connectivity index (χ0v) is 13.4. The second-order valence-electron chi connectivity index (χ2n) is 5.15. The number of nitrogens with one attached hydrogen (secondary N) is 1. The predicted octanol–water partition coefficient (Wildman–Crippen LogP) is 1.05. The number of thioether (sulfide) groups is 1. The van der Waals surface area contributed by atoms with Gasteiger partial charge in [0.2, 0.25) is 5.91 Å². The highest BCUT2D eigenvalue weighted by atomic mass is 32.2. The van der Waals surface area contributed by atoms with Crippen LogP contribution in [0.5, 0.6) is 0 Å². The number of carbonyl (C=O) groups excluding carboxylic acids is 2.